The molecule has 144 valence electrons. The molecule has 28 heavy (non-hydrogen) atoms. The maximum atomic E-state index is 11.0. The van der Waals surface area contributed by atoms with Gasteiger partial charge in [-0.1, -0.05) is 42.5 Å². The minimum atomic E-state index is -0.816. The number of hydrogen-bond acceptors (Lipinski definition) is 3. The summed E-state index contributed by atoms with van der Waals surface area (Å²) in [6.45, 7) is 2.08. The zero-order chi connectivity index (χ0) is 20.1. The predicted molar refractivity (Wildman–Crippen MR) is 110 cm³/mol. The van der Waals surface area contributed by atoms with Gasteiger partial charge in [0, 0.05) is 6.42 Å². The number of aliphatic hydroxyl groups is 1. The van der Waals surface area contributed by atoms with Gasteiger partial charge in [-0.2, -0.15) is 0 Å². The molecule has 0 bridgehead atoms. The highest BCUT2D eigenvalue weighted by atomic mass is 16.5. The van der Waals surface area contributed by atoms with Crippen LogP contribution in [0.15, 0.2) is 60.7 Å². The van der Waals surface area contributed by atoms with Gasteiger partial charge in [-0.15, -0.1) is 0 Å². The highest BCUT2D eigenvalue weighted by Gasteiger charge is 2.11. The molecule has 0 aromatic heterocycles. The third kappa shape index (κ3) is 4.41. The Bertz CT molecular complexity index is 992. The van der Waals surface area contributed by atoms with E-state index in [0.717, 1.165) is 44.7 Å². The Morgan fingerprint density at radius 3 is 2.39 bits per heavy atom. The quantitative estimate of drug-likeness (QED) is 0.619. The molecule has 4 nitrogen and oxygen atoms in total. The van der Waals surface area contributed by atoms with E-state index in [1.165, 1.54) is 0 Å². The van der Waals surface area contributed by atoms with Crippen LogP contribution in [0.1, 0.15) is 23.1 Å². The topological polar surface area (TPSA) is 66.8 Å². The average molecular weight is 376 g/mol. The molecule has 0 amide bonds. The number of rotatable bonds is 7. The monoisotopic (exact) mass is 376 g/mol. The number of aliphatic hydroxyl groups excluding tert-OH is 1. The Morgan fingerprint density at radius 2 is 1.71 bits per heavy atom. The maximum Gasteiger partial charge on any atom is 0.303 e. The molecule has 0 fully saturated rings. The van der Waals surface area contributed by atoms with Gasteiger partial charge in [-0.3, -0.25) is 4.79 Å². The molecule has 4 heteroatoms. The predicted octanol–water partition coefficient (Wildman–Crippen LogP) is 4.85. The molecule has 0 aliphatic carbocycles. The largest absolute Gasteiger partial charge is 0.497 e. The van der Waals surface area contributed by atoms with E-state index in [0.29, 0.717) is 6.42 Å². The second kappa shape index (κ2) is 8.72. The third-order valence-electron chi connectivity index (χ3n) is 4.88. The van der Waals surface area contributed by atoms with Crippen molar-refractivity contribution in [1.29, 1.82) is 0 Å². The van der Waals surface area contributed by atoms with Crippen LogP contribution in [0.3, 0.4) is 0 Å². The van der Waals surface area contributed by atoms with Crippen molar-refractivity contribution in [1.82, 2.24) is 0 Å². The first-order valence-corrected chi connectivity index (χ1v) is 9.21. The van der Waals surface area contributed by atoms with Crippen LogP contribution in [0.25, 0.3) is 22.3 Å². The Morgan fingerprint density at radius 1 is 0.964 bits per heavy atom. The summed E-state index contributed by atoms with van der Waals surface area (Å²) in [7, 11) is 1.61. The number of ether oxygens (including phenoxy) is 1. The summed E-state index contributed by atoms with van der Waals surface area (Å²) in [5, 5.41) is 18.4. The van der Waals surface area contributed by atoms with Crippen molar-refractivity contribution in [3.8, 4) is 28.0 Å². The minimum absolute atomic E-state index is 0.0176. The molecular weight excluding hydrogens is 352 g/mol. The molecule has 3 aromatic carbocycles. The van der Waals surface area contributed by atoms with Gasteiger partial charge in [0.05, 0.1) is 13.7 Å². The van der Waals surface area contributed by atoms with Gasteiger partial charge in [-0.05, 0) is 70.5 Å². The van der Waals surface area contributed by atoms with Crippen molar-refractivity contribution in [3.05, 3.63) is 77.4 Å². The number of methoxy groups -OCH3 is 1. The first kappa shape index (κ1) is 19.6. The number of carboxylic acids is 1. The van der Waals surface area contributed by atoms with E-state index >= 15 is 0 Å². The summed E-state index contributed by atoms with van der Waals surface area (Å²) in [6.07, 6.45) is 0.520. The Labute approximate surface area is 165 Å². The van der Waals surface area contributed by atoms with Crippen molar-refractivity contribution in [2.45, 2.75) is 26.4 Å². The van der Waals surface area contributed by atoms with Crippen LogP contribution in [0, 0.1) is 6.92 Å². The molecule has 0 aliphatic rings. The van der Waals surface area contributed by atoms with Gasteiger partial charge in [0.1, 0.15) is 5.75 Å². The van der Waals surface area contributed by atoms with Crippen LogP contribution < -0.4 is 4.74 Å². The lowest BCUT2D eigenvalue weighted by atomic mass is 9.92. The highest BCUT2D eigenvalue weighted by molar-refractivity contribution is 5.76. The second-order valence-corrected chi connectivity index (χ2v) is 6.81. The first-order valence-electron chi connectivity index (χ1n) is 9.21. The summed E-state index contributed by atoms with van der Waals surface area (Å²) < 4.78 is 5.31. The van der Waals surface area contributed by atoms with Gasteiger partial charge in [0.2, 0.25) is 0 Å². The fraction of sp³-hybridized carbons (Fsp3) is 0.208. The molecule has 0 saturated heterocycles. The van der Waals surface area contributed by atoms with Gasteiger partial charge in [-0.25, -0.2) is 0 Å². The van der Waals surface area contributed by atoms with Gasteiger partial charge in [0.15, 0.2) is 0 Å². The van der Waals surface area contributed by atoms with Crippen LogP contribution >= 0.6 is 0 Å². The second-order valence-electron chi connectivity index (χ2n) is 6.81. The third-order valence-corrected chi connectivity index (χ3v) is 4.88. The molecular formula is C24H24O4. The smallest absolute Gasteiger partial charge is 0.303 e. The zero-order valence-corrected chi connectivity index (χ0v) is 16.1. The molecule has 0 radical (unpaired) electrons. The number of aliphatic carboxylic acids is 1. The van der Waals surface area contributed by atoms with Crippen LogP contribution in [0.5, 0.6) is 5.75 Å². The number of benzene rings is 3. The lowest BCUT2D eigenvalue weighted by Gasteiger charge is -2.14. The molecule has 0 unspecified atom stereocenters. The van der Waals surface area contributed by atoms with E-state index < -0.39 is 5.97 Å². The maximum absolute atomic E-state index is 11.0. The van der Waals surface area contributed by atoms with Crippen molar-refractivity contribution < 1.29 is 19.7 Å². The van der Waals surface area contributed by atoms with Crippen LogP contribution in [0.4, 0.5) is 0 Å². The molecule has 0 aliphatic heterocycles. The molecule has 0 atom stereocenters. The summed E-state index contributed by atoms with van der Waals surface area (Å²) in [5.74, 6) is -0.0950. The molecule has 3 rings (SSSR count). The average Bonchev–Trinajstić information content (AvgIpc) is 2.71. The molecule has 0 saturated carbocycles. The van der Waals surface area contributed by atoms with Gasteiger partial charge < -0.3 is 14.9 Å². The molecule has 0 heterocycles. The Hall–Kier alpha value is -3.11. The lowest BCUT2D eigenvalue weighted by Crippen LogP contribution is -2.00. The molecule has 3 aromatic rings. The van der Waals surface area contributed by atoms with Crippen LogP contribution in [-0.4, -0.2) is 23.3 Å². The number of hydrogen-bond donors (Lipinski definition) is 2. The van der Waals surface area contributed by atoms with E-state index in [-0.39, 0.29) is 13.0 Å². The molecule has 0 spiro atoms. The van der Waals surface area contributed by atoms with E-state index in [1.807, 2.05) is 42.5 Å². The Balaban J connectivity index is 2.00. The van der Waals surface area contributed by atoms with E-state index in [1.54, 1.807) is 7.11 Å². The SMILES string of the molecule is COc1ccc(-c2ccc(-c3cccc(CO)c3)c(C)c2)c(CCC(=O)O)c1. The summed E-state index contributed by atoms with van der Waals surface area (Å²) in [5.41, 5.74) is 7.19. The lowest BCUT2D eigenvalue weighted by molar-refractivity contribution is -0.136. The first-order chi connectivity index (χ1) is 13.5. The van der Waals surface area contributed by atoms with Gasteiger partial charge >= 0.3 is 5.97 Å². The van der Waals surface area contributed by atoms with Crippen molar-refractivity contribution in [2.24, 2.45) is 0 Å². The van der Waals surface area contributed by atoms with Crippen molar-refractivity contribution >= 4 is 5.97 Å². The number of aryl methyl sites for hydroxylation is 2. The highest BCUT2D eigenvalue weighted by Crippen LogP contribution is 2.32. The van der Waals surface area contributed by atoms with E-state index in [2.05, 4.69) is 25.1 Å². The fourth-order valence-corrected chi connectivity index (χ4v) is 3.42. The van der Waals surface area contributed by atoms with Crippen molar-refractivity contribution in [2.75, 3.05) is 7.11 Å². The normalized spacial score (nSPS) is 10.7. The minimum Gasteiger partial charge on any atom is -0.497 e. The van der Waals surface area contributed by atoms with Crippen molar-refractivity contribution in [3.63, 3.8) is 0 Å². The zero-order valence-electron chi connectivity index (χ0n) is 16.1. The van der Waals surface area contributed by atoms with Gasteiger partial charge in [0.25, 0.3) is 0 Å². The summed E-state index contributed by atoms with van der Waals surface area (Å²) in [4.78, 5) is 11.0. The van der Waals surface area contributed by atoms with Crippen LogP contribution in [-0.2, 0) is 17.8 Å². The summed E-state index contributed by atoms with van der Waals surface area (Å²) in [6, 6.07) is 19.9. The van der Waals surface area contributed by atoms with E-state index in [9.17, 15) is 9.90 Å². The molecule has 2 N–H and O–H groups in total. The number of carboxylic acid groups (broad SMARTS) is 1. The summed E-state index contributed by atoms with van der Waals surface area (Å²) >= 11 is 0. The fourth-order valence-electron chi connectivity index (χ4n) is 3.42. The van der Waals surface area contributed by atoms with E-state index in [4.69, 9.17) is 9.84 Å². The van der Waals surface area contributed by atoms with Crippen LogP contribution in [0.2, 0.25) is 0 Å². The Kier molecular flexibility index (Phi) is 6.12. The number of carbonyl (C=O) groups is 1. The standard InChI is InChI=1S/C24H24O4/c1-16-12-19(6-9-22(16)18-5-3-4-17(13-18)15-25)23-10-8-21(28-2)14-20(23)7-11-24(26)27/h3-6,8-10,12-14,25H,7,11,15H2,1-2H3,(H,26,27).